The Labute approximate surface area is 224 Å². The Morgan fingerprint density at radius 2 is 1.67 bits per heavy atom. The molecule has 0 unspecified atom stereocenters. The van der Waals surface area contributed by atoms with Gasteiger partial charge in [-0.05, 0) is 71.0 Å². The second-order valence-corrected chi connectivity index (χ2v) is 9.27. The van der Waals surface area contributed by atoms with Crippen molar-refractivity contribution in [3.8, 4) is 51.0 Å². The zero-order chi connectivity index (χ0) is 27.8. The van der Waals surface area contributed by atoms with Crippen LogP contribution in [0.3, 0.4) is 0 Å². The standard InChI is InChI=1S/C30H29NO8/c1-15(32)31-22-8-6-17-11-26(36-3)29(37-4)30(38-5)28(17)21-12-20-18(14-27(34)39-24(20)13-19(21)22)16-7-9-23(33)25(10-16)35-2/h7,9-14,22,33H,6,8H2,1-5H3,(H,31,32)/t22-/m0/s1. The highest BCUT2D eigenvalue weighted by molar-refractivity contribution is 5.99. The van der Waals surface area contributed by atoms with Crippen LogP contribution >= 0.6 is 0 Å². The molecule has 0 saturated carbocycles. The van der Waals surface area contributed by atoms with Crippen molar-refractivity contribution in [2.75, 3.05) is 28.4 Å². The largest absolute Gasteiger partial charge is 0.504 e. The van der Waals surface area contributed by atoms with E-state index in [1.807, 2.05) is 12.1 Å². The molecule has 4 aromatic rings. The van der Waals surface area contributed by atoms with Crippen molar-refractivity contribution in [1.29, 1.82) is 0 Å². The first-order chi connectivity index (χ1) is 18.8. The van der Waals surface area contributed by atoms with E-state index < -0.39 is 5.63 Å². The number of carbonyl (C=O) groups is 1. The predicted molar refractivity (Wildman–Crippen MR) is 146 cm³/mol. The minimum atomic E-state index is -0.529. The van der Waals surface area contributed by atoms with Gasteiger partial charge in [0.25, 0.3) is 0 Å². The second-order valence-electron chi connectivity index (χ2n) is 9.27. The van der Waals surface area contributed by atoms with Crippen LogP contribution in [-0.2, 0) is 11.2 Å². The highest BCUT2D eigenvalue weighted by atomic mass is 16.5. The minimum absolute atomic E-state index is 0.0137. The number of phenolic OH excluding ortho intramolecular Hbond substituents is 1. The lowest BCUT2D eigenvalue weighted by atomic mass is 9.90. The third kappa shape index (κ3) is 4.50. The summed E-state index contributed by atoms with van der Waals surface area (Å²) in [4.78, 5) is 24.9. The van der Waals surface area contributed by atoms with Crippen molar-refractivity contribution < 1.29 is 33.3 Å². The lowest BCUT2D eigenvalue weighted by Crippen LogP contribution is -2.26. The van der Waals surface area contributed by atoms with Gasteiger partial charge in [-0.2, -0.15) is 0 Å². The van der Waals surface area contributed by atoms with Gasteiger partial charge in [0.2, 0.25) is 11.7 Å². The zero-order valence-electron chi connectivity index (χ0n) is 22.3. The molecule has 0 aliphatic heterocycles. The first-order valence-corrected chi connectivity index (χ1v) is 12.4. The van der Waals surface area contributed by atoms with Crippen molar-refractivity contribution >= 4 is 16.9 Å². The fourth-order valence-corrected chi connectivity index (χ4v) is 5.36. The molecule has 2 N–H and O–H groups in total. The van der Waals surface area contributed by atoms with E-state index in [4.69, 9.17) is 23.4 Å². The van der Waals surface area contributed by atoms with Gasteiger partial charge in [0.1, 0.15) is 5.58 Å². The first-order valence-electron chi connectivity index (χ1n) is 12.4. The van der Waals surface area contributed by atoms with Crippen LogP contribution in [0.2, 0.25) is 0 Å². The molecule has 1 heterocycles. The van der Waals surface area contributed by atoms with Crippen LogP contribution in [0, 0.1) is 0 Å². The molecular formula is C30H29NO8. The van der Waals surface area contributed by atoms with Gasteiger partial charge in [-0.15, -0.1) is 0 Å². The summed E-state index contributed by atoms with van der Waals surface area (Å²) in [5.41, 5.74) is 4.44. The van der Waals surface area contributed by atoms with Crippen molar-refractivity contribution in [3.05, 3.63) is 64.0 Å². The second kappa shape index (κ2) is 10.2. The molecule has 1 aliphatic rings. The summed E-state index contributed by atoms with van der Waals surface area (Å²) in [6, 6.07) is 11.6. The van der Waals surface area contributed by atoms with Gasteiger partial charge in [-0.1, -0.05) is 6.07 Å². The first kappa shape index (κ1) is 26.0. The highest BCUT2D eigenvalue weighted by Gasteiger charge is 2.30. The zero-order valence-corrected chi connectivity index (χ0v) is 22.3. The summed E-state index contributed by atoms with van der Waals surface area (Å²) >= 11 is 0. The average molecular weight is 532 g/mol. The number of amides is 1. The Hall–Kier alpha value is -4.66. The van der Waals surface area contributed by atoms with Crippen molar-refractivity contribution in [1.82, 2.24) is 5.32 Å². The predicted octanol–water partition coefficient (Wildman–Crippen LogP) is 4.99. The number of ether oxygens (including phenoxy) is 4. The van der Waals surface area contributed by atoms with E-state index >= 15 is 0 Å². The van der Waals surface area contributed by atoms with Crippen LogP contribution in [-0.4, -0.2) is 39.5 Å². The van der Waals surface area contributed by atoms with Gasteiger partial charge in [0.05, 0.1) is 34.5 Å². The quantitative estimate of drug-likeness (QED) is 0.334. The Kier molecular flexibility index (Phi) is 6.82. The monoisotopic (exact) mass is 531 g/mol. The van der Waals surface area contributed by atoms with Gasteiger partial charge in [0, 0.05) is 23.9 Å². The van der Waals surface area contributed by atoms with Gasteiger partial charge in [0.15, 0.2) is 23.0 Å². The summed E-state index contributed by atoms with van der Waals surface area (Å²) in [6.07, 6.45) is 1.22. The molecule has 0 spiro atoms. The SMILES string of the molecule is COc1cc(-c2cc(=O)oc3cc4c(cc23)-c2c(cc(OC)c(OC)c2OC)CC[C@@H]4NC(C)=O)ccc1O. The summed E-state index contributed by atoms with van der Waals surface area (Å²) in [5, 5.41) is 13.8. The number of rotatable bonds is 6. The number of hydrogen-bond acceptors (Lipinski definition) is 8. The molecule has 9 nitrogen and oxygen atoms in total. The average Bonchev–Trinajstić information content (AvgIpc) is 3.06. The number of nitrogens with one attached hydrogen (secondary N) is 1. The minimum Gasteiger partial charge on any atom is -0.504 e. The molecule has 1 aliphatic carbocycles. The van der Waals surface area contributed by atoms with Crippen LogP contribution in [0.4, 0.5) is 0 Å². The molecule has 39 heavy (non-hydrogen) atoms. The summed E-state index contributed by atoms with van der Waals surface area (Å²) < 4.78 is 28.1. The number of methoxy groups -OCH3 is 4. The number of hydrogen-bond donors (Lipinski definition) is 2. The number of aryl methyl sites for hydroxylation is 1. The molecule has 0 bridgehead atoms. The van der Waals surface area contributed by atoms with Crippen molar-refractivity contribution in [2.45, 2.75) is 25.8 Å². The molecular weight excluding hydrogens is 502 g/mol. The lowest BCUT2D eigenvalue weighted by Gasteiger charge is -2.22. The third-order valence-corrected chi connectivity index (χ3v) is 7.04. The fourth-order valence-electron chi connectivity index (χ4n) is 5.36. The third-order valence-electron chi connectivity index (χ3n) is 7.04. The molecule has 1 aromatic heterocycles. The number of aromatic hydroxyl groups is 1. The van der Waals surface area contributed by atoms with Gasteiger partial charge < -0.3 is 33.8 Å². The summed E-state index contributed by atoms with van der Waals surface area (Å²) in [6.45, 7) is 1.47. The normalized spacial score (nSPS) is 14.1. The Bertz CT molecular complexity index is 1660. The number of phenols is 1. The van der Waals surface area contributed by atoms with E-state index in [0.29, 0.717) is 52.2 Å². The van der Waals surface area contributed by atoms with E-state index in [-0.39, 0.29) is 23.4 Å². The molecule has 1 amide bonds. The van der Waals surface area contributed by atoms with Crippen LogP contribution in [0.25, 0.3) is 33.2 Å². The molecule has 0 saturated heterocycles. The molecule has 0 radical (unpaired) electrons. The van der Waals surface area contributed by atoms with E-state index in [9.17, 15) is 14.7 Å². The molecule has 9 heteroatoms. The van der Waals surface area contributed by atoms with Crippen molar-refractivity contribution in [2.24, 2.45) is 0 Å². The summed E-state index contributed by atoms with van der Waals surface area (Å²) in [7, 11) is 6.16. The number of benzene rings is 3. The van der Waals surface area contributed by atoms with Crippen LogP contribution in [0.1, 0.15) is 30.5 Å². The van der Waals surface area contributed by atoms with Crippen LogP contribution in [0.15, 0.2) is 51.7 Å². The Balaban J connectivity index is 1.89. The maximum atomic E-state index is 12.7. The Morgan fingerprint density at radius 3 is 2.33 bits per heavy atom. The molecule has 3 aromatic carbocycles. The maximum absolute atomic E-state index is 12.7. The van der Waals surface area contributed by atoms with Gasteiger partial charge >= 0.3 is 5.63 Å². The maximum Gasteiger partial charge on any atom is 0.336 e. The Morgan fingerprint density at radius 1 is 0.923 bits per heavy atom. The smallest absolute Gasteiger partial charge is 0.336 e. The fraction of sp³-hybridized carbons (Fsp3) is 0.267. The van der Waals surface area contributed by atoms with Gasteiger partial charge in [-0.3, -0.25) is 4.79 Å². The topological polar surface area (TPSA) is 116 Å². The van der Waals surface area contributed by atoms with E-state index in [1.165, 1.54) is 26.2 Å². The summed E-state index contributed by atoms with van der Waals surface area (Å²) in [5.74, 6) is 1.58. The van der Waals surface area contributed by atoms with Crippen molar-refractivity contribution in [3.63, 3.8) is 0 Å². The molecule has 5 rings (SSSR count). The molecule has 0 fully saturated rings. The highest BCUT2D eigenvalue weighted by Crippen LogP contribution is 2.51. The molecule has 202 valence electrons. The number of fused-ring (bicyclic) bond motifs is 4. The molecule has 1 atom stereocenters. The van der Waals surface area contributed by atoms with Crippen LogP contribution < -0.4 is 29.9 Å². The van der Waals surface area contributed by atoms with E-state index in [0.717, 1.165) is 22.3 Å². The van der Waals surface area contributed by atoms with Gasteiger partial charge in [-0.25, -0.2) is 4.79 Å². The van der Waals surface area contributed by atoms with E-state index in [1.54, 1.807) is 39.5 Å². The number of carbonyl (C=O) groups excluding carboxylic acids is 1. The van der Waals surface area contributed by atoms with E-state index in [2.05, 4.69) is 5.32 Å². The lowest BCUT2D eigenvalue weighted by molar-refractivity contribution is -0.119. The van der Waals surface area contributed by atoms with Crippen LogP contribution in [0.5, 0.6) is 28.7 Å².